The predicted molar refractivity (Wildman–Crippen MR) is 109 cm³/mol. The van der Waals surface area contributed by atoms with E-state index in [9.17, 15) is 18.0 Å². The van der Waals surface area contributed by atoms with Crippen LogP contribution < -0.4 is 10.9 Å². The number of para-hydroxylation sites is 2. The highest BCUT2D eigenvalue weighted by atomic mass is 32.2. The zero-order valence-electron chi connectivity index (χ0n) is 14.7. The van der Waals surface area contributed by atoms with E-state index in [-0.39, 0.29) is 11.1 Å². The van der Waals surface area contributed by atoms with Crippen molar-refractivity contribution < 1.29 is 17.3 Å². The number of fused-ring (bicyclic) bond motifs is 2. The van der Waals surface area contributed by atoms with Crippen molar-refractivity contribution in [3.8, 4) is 0 Å². The van der Waals surface area contributed by atoms with Crippen LogP contribution in [-0.4, -0.2) is 20.8 Å². The zero-order valence-corrected chi connectivity index (χ0v) is 15.5. The molecule has 0 fully saturated rings. The van der Waals surface area contributed by atoms with Crippen LogP contribution in [0.15, 0.2) is 88.3 Å². The summed E-state index contributed by atoms with van der Waals surface area (Å²) < 4.78 is 41.4. The van der Waals surface area contributed by atoms with E-state index >= 15 is 0 Å². The Bertz CT molecular complexity index is 1400. The second-order valence-electron chi connectivity index (χ2n) is 5.95. The highest BCUT2D eigenvalue weighted by molar-refractivity contribution is 7.89. The maximum Gasteiger partial charge on any atom is 0.362 e. The fraction of sp³-hybridized carbons (Fsp3) is 0. The van der Waals surface area contributed by atoms with Crippen molar-refractivity contribution >= 4 is 44.6 Å². The van der Waals surface area contributed by atoms with Crippen LogP contribution in [-0.2, 0) is 10.2 Å². The van der Waals surface area contributed by atoms with Gasteiger partial charge in [0.15, 0.2) is 0 Å². The fourth-order valence-corrected chi connectivity index (χ4v) is 3.19. The van der Waals surface area contributed by atoms with E-state index < -0.39 is 21.1 Å². The summed E-state index contributed by atoms with van der Waals surface area (Å²) in [6.07, 6.45) is 3.94. The first-order valence-electron chi connectivity index (χ1n) is 8.31. The first-order chi connectivity index (χ1) is 13.9. The van der Waals surface area contributed by atoms with E-state index in [1.165, 1.54) is 0 Å². The molecule has 144 valence electrons. The van der Waals surface area contributed by atoms with Gasteiger partial charge in [0.25, 0.3) is 0 Å². The summed E-state index contributed by atoms with van der Waals surface area (Å²) >= 11 is 0. The fourth-order valence-electron chi connectivity index (χ4n) is 2.64. The number of hydrogen-bond acceptors (Lipinski definition) is 6. The lowest BCUT2D eigenvalue weighted by Crippen LogP contribution is -2.09. The molecule has 0 atom stereocenters. The van der Waals surface area contributed by atoms with Gasteiger partial charge in [0.1, 0.15) is 23.7 Å². The van der Waals surface area contributed by atoms with Crippen LogP contribution in [0, 0.1) is 0 Å². The minimum atomic E-state index is -4.34. The van der Waals surface area contributed by atoms with Gasteiger partial charge in [0, 0.05) is 0 Å². The second-order valence-corrected chi connectivity index (χ2v) is 7.27. The van der Waals surface area contributed by atoms with E-state index in [2.05, 4.69) is 8.80 Å². The molecule has 0 aliphatic carbocycles. The van der Waals surface area contributed by atoms with Crippen LogP contribution in [0.3, 0.4) is 0 Å². The molecule has 4 rings (SSSR count). The summed E-state index contributed by atoms with van der Waals surface area (Å²) in [4.78, 5) is 24.7. The van der Waals surface area contributed by atoms with E-state index in [0.717, 1.165) is 25.0 Å². The molecule has 0 aliphatic rings. The molecule has 2 aromatic carbocycles. The highest BCUT2D eigenvalue weighted by Crippen LogP contribution is 2.11. The maximum atomic E-state index is 12.4. The molecule has 4 aromatic rings. The van der Waals surface area contributed by atoms with Crippen LogP contribution in [0.2, 0.25) is 0 Å². The predicted octanol–water partition coefficient (Wildman–Crippen LogP) is 2.68. The van der Waals surface area contributed by atoms with Crippen molar-refractivity contribution in [1.29, 1.82) is 0 Å². The molecule has 0 saturated carbocycles. The molecule has 0 N–H and O–H groups in total. The zero-order chi connectivity index (χ0) is 20.4. The minimum Gasteiger partial charge on any atom is -0.463 e. The summed E-state index contributed by atoms with van der Waals surface area (Å²) in [6, 6.07) is 13.1. The van der Waals surface area contributed by atoms with Crippen molar-refractivity contribution in [2.24, 2.45) is 8.80 Å². The van der Waals surface area contributed by atoms with Crippen molar-refractivity contribution in [3.05, 3.63) is 92.6 Å². The van der Waals surface area contributed by atoms with Gasteiger partial charge in [0.2, 0.25) is 10.9 Å². The standard InChI is InChI=1S/C20H12N2O6S/c23-19-13(11-27-17-7-3-1-5-15(17)19)9-21-29(25,26)22-10-14-12-28-18-8-4-2-6-16(18)20(14)24/h1-12H. The van der Waals surface area contributed by atoms with E-state index in [0.29, 0.717) is 21.9 Å². The Kier molecular flexibility index (Phi) is 4.65. The Balaban J connectivity index is 1.65. The number of nitrogens with zero attached hydrogens (tertiary/aromatic N) is 2. The molecule has 0 unspecified atom stereocenters. The lowest BCUT2D eigenvalue weighted by molar-refractivity contribution is 0.599. The normalized spacial score (nSPS) is 12.4. The van der Waals surface area contributed by atoms with Crippen molar-refractivity contribution in [2.45, 2.75) is 0 Å². The molecular weight excluding hydrogens is 396 g/mol. The third kappa shape index (κ3) is 3.76. The van der Waals surface area contributed by atoms with Crippen LogP contribution in [0.1, 0.15) is 11.1 Å². The Morgan fingerprint density at radius 2 is 1.10 bits per heavy atom. The van der Waals surface area contributed by atoms with E-state index in [1.54, 1.807) is 48.5 Å². The van der Waals surface area contributed by atoms with Gasteiger partial charge in [-0.1, -0.05) is 24.3 Å². The van der Waals surface area contributed by atoms with Gasteiger partial charge >= 0.3 is 10.2 Å². The van der Waals surface area contributed by atoms with Crippen LogP contribution >= 0.6 is 0 Å². The first kappa shape index (κ1) is 18.5. The van der Waals surface area contributed by atoms with Crippen LogP contribution in [0.4, 0.5) is 0 Å². The van der Waals surface area contributed by atoms with Crippen LogP contribution in [0.25, 0.3) is 21.9 Å². The molecule has 8 nitrogen and oxygen atoms in total. The molecule has 0 amide bonds. The van der Waals surface area contributed by atoms with Gasteiger partial charge in [-0.15, -0.1) is 0 Å². The SMILES string of the molecule is O=c1c(C=NS(=O)(=O)N=Cc2coc3ccccc3c2=O)coc2ccccc12. The Labute approximate surface area is 163 Å². The third-order valence-electron chi connectivity index (χ3n) is 4.06. The lowest BCUT2D eigenvalue weighted by Gasteiger charge is -1.98. The number of rotatable bonds is 4. The molecule has 0 radical (unpaired) electrons. The summed E-state index contributed by atoms with van der Waals surface area (Å²) in [5, 5.41) is 0.595. The lowest BCUT2D eigenvalue weighted by atomic mass is 10.2. The molecular formula is C20H12N2O6S. The monoisotopic (exact) mass is 408 g/mol. The Hall–Kier alpha value is -3.85. The second kappa shape index (κ2) is 7.28. The molecule has 2 heterocycles. The summed E-state index contributed by atoms with van der Waals surface area (Å²) in [6.45, 7) is 0. The number of benzene rings is 2. The third-order valence-corrected chi connectivity index (χ3v) is 4.81. The average molecular weight is 408 g/mol. The first-order valence-corrected chi connectivity index (χ1v) is 9.71. The van der Waals surface area contributed by atoms with Crippen molar-refractivity contribution in [1.82, 2.24) is 0 Å². The molecule has 0 saturated heterocycles. The number of hydrogen-bond donors (Lipinski definition) is 0. The van der Waals surface area contributed by atoms with Gasteiger partial charge in [-0.05, 0) is 24.3 Å². The summed E-state index contributed by atoms with van der Waals surface area (Å²) in [5.41, 5.74) is -0.201. The van der Waals surface area contributed by atoms with Crippen molar-refractivity contribution in [2.75, 3.05) is 0 Å². The van der Waals surface area contributed by atoms with Gasteiger partial charge in [-0.3, -0.25) is 9.59 Å². The summed E-state index contributed by atoms with van der Waals surface area (Å²) in [5.74, 6) is 0. The molecule has 0 aliphatic heterocycles. The topological polar surface area (TPSA) is 119 Å². The van der Waals surface area contributed by atoms with Gasteiger partial charge < -0.3 is 8.83 Å². The summed E-state index contributed by atoms with van der Waals surface area (Å²) in [7, 11) is -4.34. The molecule has 0 bridgehead atoms. The minimum absolute atomic E-state index is 0.0484. The molecule has 29 heavy (non-hydrogen) atoms. The molecule has 0 spiro atoms. The Morgan fingerprint density at radius 1 is 0.690 bits per heavy atom. The van der Waals surface area contributed by atoms with E-state index in [1.807, 2.05) is 0 Å². The van der Waals surface area contributed by atoms with Crippen molar-refractivity contribution in [3.63, 3.8) is 0 Å². The quantitative estimate of drug-likeness (QED) is 0.479. The van der Waals surface area contributed by atoms with Crippen LogP contribution in [0.5, 0.6) is 0 Å². The molecule has 9 heteroatoms. The Morgan fingerprint density at radius 3 is 1.55 bits per heavy atom. The maximum absolute atomic E-state index is 12.4. The van der Waals surface area contributed by atoms with Gasteiger partial charge in [-0.2, -0.15) is 17.2 Å². The average Bonchev–Trinajstić information content (AvgIpc) is 2.73. The van der Waals surface area contributed by atoms with Gasteiger partial charge in [-0.25, -0.2) is 0 Å². The largest absolute Gasteiger partial charge is 0.463 e. The highest BCUT2D eigenvalue weighted by Gasteiger charge is 2.09. The molecule has 2 aromatic heterocycles. The van der Waals surface area contributed by atoms with E-state index in [4.69, 9.17) is 8.83 Å². The smallest absolute Gasteiger partial charge is 0.362 e. The van der Waals surface area contributed by atoms with Gasteiger partial charge in [0.05, 0.1) is 34.3 Å².